The SMILES string of the molecule is CC(C)CC(CN1C(=O)C2C(C1=O)C2(C)C)C(=O)O. The molecule has 0 aromatic rings. The first-order valence-electron chi connectivity index (χ1n) is 6.76. The van der Waals surface area contributed by atoms with Crippen molar-refractivity contribution in [2.45, 2.75) is 34.1 Å². The molecule has 19 heavy (non-hydrogen) atoms. The Hall–Kier alpha value is -1.39. The second-order valence-corrected chi connectivity index (χ2v) is 6.73. The molecule has 1 saturated carbocycles. The number of nitrogens with zero attached hydrogens (tertiary/aromatic N) is 1. The van der Waals surface area contributed by atoms with Gasteiger partial charge in [0.15, 0.2) is 0 Å². The number of imide groups is 1. The maximum atomic E-state index is 12.1. The first kappa shape index (κ1) is 14.0. The number of carboxylic acids is 1. The molecule has 0 aromatic carbocycles. The molecule has 106 valence electrons. The van der Waals surface area contributed by atoms with Gasteiger partial charge in [-0.3, -0.25) is 19.3 Å². The van der Waals surface area contributed by atoms with Crippen molar-refractivity contribution in [3.05, 3.63) is 0 Å². The highest BCUT2D eigenvalue weighted by atomic mass is 16.4. The van der Waals surface area contributed by atoms with Gasteiger partial charge in [0.25, 0.3) is 0 Å². The van der Waals surface area contributed by atoms with E-state index in [1.54, 1.807) is 0 Å². The van der Waals surface area contributed by atoms with Crippen molar-refractivity contribution in [2.24, 2.45) is 29.1 Å². The summed E-state index contributed by atoms with van der Waals surface area (Å²) in [4.78, 5) is 36.6. The van der Waals surface area contributed by atoms with Crippen LogP contribution >= 0.6 is 0 Å². The van der Waals surface area contributed by atoms with E-state index in [1.165, 1.54) is 4.90 Å². The van der Waals surface area contributed by atoms with Gasteiger partial charge in [-0.05, 0) is 17.8 Å². The number of carbonyl (C=O) groups is 3. The van der Waals surface area contributed by atoms with Crippen LogP contribution in [0.15, 0.2) is 0 Å². The van der Waals surface area contributed by atoms with E-state index >= 15 is 0 Å². The van der Waals surface area contributed by atoms with Crippen LogP contribution in [0.5, 0.6) is 0 Å². The zero-order valence-corrected chi connectivity index (χ0v) is 11.8. The minimum absolute atomic E-state index is 0.0221. The minimum Gasteiger partial charge on any atom is -0.481 e. The quantitative estimate of drug-likeness (QED) is 0.763. The molecule has 0 bridgehead atoms. The molecule has 3 unspecified atom stereocenters. The first-order chi connectivity index (χ1) is 8.67. The van der Waals surface area contributed by atoms with Crippen molar-refractivity contribution in [1.82, 2.24) is 4.90 Å². The Morgan fingerprint density at radius 3 is 2.11 bits per heavy atom. The topological polar surface area (TPSA) is 74.7 Å². The molecular formula is C14H21NO4. The highest BCUT2D eigenvalue weighted by Crippen LogP contribution is 2.63. The van der Waals surface area contributed by atoms with Crippen LogP contribution in [0.2, 0.25) is 0 Å². The zero-order chi connectivity index (χ0) is 14.5. The van der Waals surface area contributed by atoms with Crippen LogP contribution in [0.3, 0.4) is 0 Å². The van der Waals surface area contributed by atoms with Gasteiger partial charge in [-0.15, -0.1) is 0 Å². The summed E-state index contributed by atoms with van der Waals surface area (Å²) in [6.07, 6.45) is 0.477. The number of hydrogen-bond donors (Lipinski definition) is 1. The number of piperidine rings is 1. The van der Waals surface area contributed by atoms with Gasteiger partial charge in [0.2, 0.25) is 11.8 Å². The molecule has 3 atom stereocenters. The Bertz CT molecular complexity index is 417. The molecule has 2 fully saturated rings. The molecule has 5 nitrogen and oxygen atoms in total. The minimum atomic E-state index is -0.936. The lowest BCUT2D eigenvalue weighted by atomic mass is 9.96. The lowest BCUT2D eigenvalue weighted by molar-refractivity contribution is -0.148. The molecule has 0 aromatic heterocycles. The number of likely N-dealkylation sites (tertiary alicyclic amines) is 1. The molecular weight excluding hydrogens is 246 g/mol. The predicted octanol–water partition coefficient (Wildman–Crippen LogP) is 1.37. The first-order valence-corrected chi connectivity index (χ1v) is 6.76. The Morgan fingerprint density at radius 2 is 1.74 bits per heavy atom. The third kappa shape index (κ3) is 2.15. The van der Waals surface area contributed by atoms with Gasteiger partial charge in [0.1, 0.15) is 0 Å². The molecule has 2 amide bonds. The Labute approximate surface area is 113 Å². The van der Waals surface area contributed by atoms with E-state index < -0.39 is 11.9 Å². The van der Waals surface area contributed by atoms with Gasteiger partial charge < -0.3 is 5.11 Å². The van der Waals surface area contributed by atoms with E-state index in [1.807, 2.05) is 27.7 Å². The second-order valence-electron chi connectivity index (χ2n) is 6.73. The van der Waals surface area contributed by atoms with Crippen LogP contribution in [-0.4, -0.2) is 34.3 Å². The zero-order valence-electron chi connectivity index (χ0n) is 11.8. The number of amides is 2. The monoisotopic (exact) mass is 267 g/mol. The van der Waals surface area contributed by atoms with Crippen molar-refractivity contribution >= 4 is 17.8 Å². The van der Waals surface area contributed by atoms with Gasteiger partial charge in [-0.25, -0.2) is 0 Å². The second kappa shape index (κ2) is 4.32. The van der Waals surface area contributed by atoms with Crippen molar-refractivity contribution in [1.29, 1.82) is 0 Å². The molecule has 2 rings (SSSR count). The maximum Gasteiger partial charge on any atom is 0.308 e. The van der Waals surface area contributed by atoms with E-state index in [0.29, 0.717) is 6.42 Å². The normalized spacial score (nSPS) is 29.6. The predicted molar refractivity (Wildman–Crippen MR) is 68.1 cm³/mol. The number of fused-ring (bicyclic) bond motifs is 1. The number of aliphatic carboxylic acids is 1. The smallest absolute Gasteiger partial charge is 0.308 e. The molecule has 1 aliphatic carbocycles. The summed E-state index contributed by atoms with van der Waals surface area (Å²) in [6, 6.07) is 0. The summed E-state index contributed by atoms with van der Waals surface area (Å²) in [5, 5.41) is 9.19. The molecule has 1 heterocycles. The van der Waals surface area contributed by atoms with Gasteiger partial charge >= 0.3 is 5.97 Å². The van der Waals surface area contributed by atoms with Crippen molar-refractivity contribution in [3.63, 3.8) is 0 Å². The Balaban J connectivity index is 2.06. The number of hydrogen-bond acceptors (Lipinski definition) is 3. The van der Waals surface area contributed by atoms with Gasteiger partial charge in [0.05, 0.1) is 17.8 Å². The van der Waals surface area contributed by atoms with Gasteiger partial charge in [-0.1, -0.05) is 27.7 Å². The average molecular weight is 267 g/mol. The Kier molecular flexibility index (Phi) is 3.19. The highest BCUT2D eigenvalue weighted by Gasteiger charge is 2.72. The lowest BCUT2D eigenvalue weighted by Crippen LogP contribution is -2.41. The summed E-state index contributed by atoms with van der Waals surface area (Å²) in [5.74, 6) is -2.20. The molecule has 1 aliphatic heterocycles. The van der Waals surface area contributed by atoms with Crippen LogP contribution in [0, 0.1) is 29.1 Å². The van der Waals surface area contributed by atoms with E-state index in [2.05, 4.69) is 0 Å². The van der Waals surface area contributed by atoms with Crippen molar-refractivity contribution in [2.75, 3.05) is 6.54 Å². The van der Waals surface area contributed by atoms with Crippen LogP contribution in [0.25, 0.3) is 0 Å². The van der Waals surface area contributed by atoms with Crippen LogP contribution in [0.4, 0.5) is 0 Å². The highest BCUT2D eigenvalue weighted by molar-refractivity contribution is 6.10. The third-order valence-corrected chi connectivity index (χ3v) is 4.40. The van der Waals surface area contributed by atoms with E-state index in [4.69, 9.17) is 0 Å². The molecule has 0 radical (unpaired) electrons. The standard InChI is InChI=1S/C14H21NO4/c1-7(2)5-8(13(18)19)6-15-11(16)9-10(12(15)17)14(9,3)4/h7-10H,5-6H2,1-4H3,(H,18,19). The Morgan fingerprint density at radius 1 is 1.26 bits per heavy atom. The third-order valence-electron chi connectivity index (χ3n) is 4.40. The number of carboxylic acid groups (broad SMARTS) is 1. The van der Waals surface area contributed by atoms with Crippen LogP contribution in [-0.2, 0) is 14.4 Å². The summed E-state index contributed by atoms with van der Waals surface area (Å²) in [6.45, 7) is 7.72. The summed E-state index contributed by atoms with van der Waals surface area (Å²) < 4.78 is 0. The molecule has 1 saturated heterocycles. The molecule has 2 aliphatic rings. The summed E-state index contributed by atoms with van der Waals surface area (Å²) >= 11 is 0. The number of carbonyl (C=O) groups excluding carboxylic acids is 2. The van der Waals surface area contributed by atoms with Crippen LogP contribution in [0.1, 0.15) is 34.1 Å². The summed E-state index contributed by atoms with van der Waals surface area (Å²) in [7, 11) is 0. The fourth-order valence-corrected chi connectivity index (χ4v) is 3.23. The van der Waals surface area contributed by atoms with Gasteiger partial charge in [-0.2, -0.15) is 0 Å². The van der Waals surface area contributed by atoms with E-state index in [9.17, 15) is 19.5 Å². The van der Waals surface area contributed by atoms with Crippen LogP contribution < -0.4 is 0 Å². The van der Waals surface area contributed by atoms with E-state index in [-0.39, 0.29) is 41.5 Å². The fourth-order valence-electron chi connectivity index (χ4n) is 3.23. The van der Waals surface area contributed by atoms with Crippen molar-refractivity contribution < 1.29 is 19.5 Å². The largest absolute Gasteiger partial charge is 0.481 e. The molecule has 5 heteroatoms. The molecule has 0 spiro atoms. The molecule has 1 N–H and O–H groups in total. The average Bonchev–Trinajstić information content (AvgIpc) is 2.73. The van der Waals surface area contributed by atoms with Crippen molar-refractivity contribution in [3.8, 4) is 0 Å². The maximum absolute atomic E-state index is 12.1. The van der Waals surface area contributed by atoms with E-state index in [0.717, 1.165) is 0 Å². The number of rotatable bonds is 5. The summed E-state index contributed by atoms with van der Waals surface area (Å²) in [5.41, 5.74) is -0.235. The van der Waals surface area contributed by atoms with Gasteiger partial charge in [0, 0.05) is 6.54 Å². The fraction of sp³-hybridized carbons (Fsp3) is 0.786. The lowest BCUT2D eigenvalue weighted by Gasteiger charge is -2.24.